The molecule has 0 atom stereocenters. The number of ether oxygens (including phenoxy) is 1. The summed E-state index contributed by atoms with van der Waals surface area (Å²) in [6.45, 7) is 2.28. The fourth-order valence-electron chi connectivity index (χ4n) is 3.82. The average Bonchev–Trinajstić information content (AvgIpc) is 2.80. The van der Waals surface area contributed by atoms with Crippen molar-refractivity contribution in [2.45, 2.75) is 45.3 Å². The number of nitrogens with two attached hydrogens (primary N) is 1. The number of hydrogen-bond donors (Lipinski definition) is 1. The number of nitrogens with zero attached hydrogens (tertiary/aromatic N) is 2. The molecular formula is C21H25N3O. The molecule has 0 spiro atoms. The highest BCUT2D eigenvalue weighted by Gasteiger charge is 2.19. The van der Waals surface area contributed by atoms with Crippen molar-refractivity contribution in [3.63, 3.8) is 0 Å². The predicted molar refractivity (Wildman–Crippen MR) is 101 cm³/mol. The minimum Gasteiger partial charge on any atom is -0.473 e. The van der Waals surface area contributed by atoms with Crippen molar-refractivity contribution in [1.82, 2.24) is 9.55 Å². The molecule has 0 amide bonds. The molecule has 2 N–H and O–H groups in total. The molecule has 2 aromatic heterocycles. The molecule has 25 heavy (non-hydrogen) atoms. The topological polar surface area (TPSA) is 53.1 Å². The fourth-order valence-corrected chi connectivity index (χ4v) is 3.82. The minimum atomic E-state index is 0.541. The van der Waals surface area contributed by atoms with Crippen molar-refractivity contribution in [3.8, 4) is 5.88 Å². The Morgan fingerprint density at radius 2 is 1.92 bits per heavy atom. The molecule has 3 aromatic rings. The molecular weight excluding hydrogens is 310 g/mol. The Labute approximate surface area is 148 Å². The Balaban J connectivity index is 1.68. The molecule has 0 saturated carbocycles. The first-order valence-electron chi connectivity index (χ1n) is 9.24. The van der Waals surface area contributed by atoms with Gasteiger partial charge in [0, 0.05) is 23.9 Å². The zero-order valence-electron chi connectivity index (χ0n) is 14.6. The van der Waals surface area contributed by atoms with E-state index < -0.39 is 0 Å². The maximum atomic E-state index is 5.94. The zero-order chi connectivity index (χ0) is 17.1. The number of pyridine rings is 1. The van der Waals surface area contributed by atoms with E-state index in [0.717, 1.165) is 30.5 Å². The van der Waals surface area contributed by atoms with Crippen molar-refractivity contribution >= 4 is 11.0 Å². The van der Waals surface area contributed by atoms with Crippen molar-refractivity contribution in [1.29, 1.82) is 0 Å². The van der Waals surface area contributed by atoms with Crippen LogP contribution >= 0.6 is 0 Å². The largest absolute Gasteiger partial charge is 0.473 e. The molecule has 1 aliphatic heterocycles. The van der Waals surface area contributed by atoms with Crippen molar-refractivity contribution in [2.75, 3.05) is 6.54 Å². The number of aromatic nitrogens is 2. The molecule has 1 aromatic carbocycles. The highest BCUT2D eigenvalue weighted by molar-refractivity contribution is 5.82. The van der Waals surface area contributed by atoms with Crippen LogP contribution in [0.4, 0.5) is 0 Å². The molecule has 4 rings (SSSR count). The van der Waals surface area contributed by atoms with Gasteiger partial charge in [0.1, 0.15) is 6.61 Å². The minimum absolute atomic E-state index is 0.541. The first-order chi connectivity index (χ1) is 12.4. The van der Waals surface area contributed by atoms with E-state index in [-0.39, 0.29) is 0 Å². The van der Waals surface area contributed by atoms with Gasteiger partial charge in [-0.15, -0.1) is 0 Å². The molecule has 3 heterocycles. The van der Waals surface area contributed by atoms with Gasteiger partial charge in [-0.2, -0.15) is 0 Å². The molecule has 0 unspecified atom stereocenters. The molecule has 0 saturated heterocycles. The SMILES string of the molecule is NCCc1c2n(c3ccc(OCc4ccccc4)nc13)CCCCC2. The first kappa shape index (κ1) is 16.2. The van der Waals surface area contributed by atoms with Gasteiger partial charge in [-0.25, -0.2) is 4.98 Å². The van der Waals surface area contributed by atoms with Crippen molar-refractivity contribution in [2.24, 2.45) is 5.73 Å². The van der Waals surface area contributed by atoms with E-state index in [2.05, 4.69) is 22.8 Å². The van der Waals surface area contributed by atoms with Crippen LogP contribution < -0.4 is 10.5 Å². The Kier molecular flexibility index (Phi) is 4.70. The van der Waals surface area contributed by atoms with Crippen LogP contribution in [0.1, 0.15) is 36.1 Å². The fraction of sp³-hybridized carbons (Fsp3) is 0.381. The van der Waals surface area contributed by atoms with Crippen LogP contribution in [0.2, 0.25) is 0 Å². The quantitative estimate of drug-likeness (QED) is 0.771. The van der Waals surface area contributed by atoms with Gasteiger partial charge in [-0.05, 0) is 43.9 Å². The van der Waals surface area contributed by atoms with Crippen LogP contribution in [0, 0.1) is 0 Å². The lowest BCUT2D eigenvalue weighted by Gasteiger charge is -2.07. The van der Waals surface area contributed by atoms with Gasteiger partial charge in [-0.3, -0.25) is 0 Å². The summed E-state index contributed by atoms with van der Waals surface area (Å²) in [5.74, 6) is 0.690. The van der Waals surface area contributed by atoms with E-state index in [1.165, 1.54) is 36.0 Å². The molecule has 0 bridgehead atoms. The summed E-state index contributed by atoms with van der Waals surface area (Å²) in [5, 5.41) is 0. The van der Waals surface area contributed by atoms with Crippen LogP contribution in [0.15, 0.2) is 42.5 Å². The molecule has 4 heteroatoms. The summed E-state index contributed by atoms with van der Waals surface area (Å²) in [6, 6.07) is 14.4. The van der Waals surface area contributed by atoms with E-state index in [1.807, 2.05) is 24.3 Å². The number of aryl methyl sites for hydroxylation is 1. The van der Waals surface area contributed by atoms with E-state index in [9.17, 15) is 0 Å². The summed E-state index contributed by atoms with van der Waals surface area (Å²) in [6.07, 6.45) is 5.81. The Morgan fingerprint density at radius 3 is 2.76 bits per heavy atom. The average molecular weight is 335 g/mol. The zero-order valence-corrected chi connectivity index (χ0v) is 14.6. The Hall–Kier alpha value is -2.33. The van der Waals surface area contributed by atoms with Gasteiger partial charge < -0.3 is 15.0 Å². The van der Waals surface area contributed by atoms with Gasteiger partial charge in [-0.1, -0.05) is 36.8 Å². The third-order valence-corrected chi connectivity index (χ3v) is 5.02. The van der Waals surface area contributed by atoms with E-state index in [0.29, 0.717) is 19.0 Å². The highest BCUT2D eigenvalue weighted by atomic mass is 16.5. The van der Waals surface area contributed by atoms with Crippen LogP contribution in [0.25, 0.3) is 11.0 Å². The second kappa shape index (κ2) is 7.28. The second-order valence-electron chi connectivity index (χ2n) is 6.72. The molecule has 0 aliphatic carbocycles. The molecule has 130 valence electrons. The lowest BCUT2D eigenvalue weighted by atomic mass is 10.1. The molecule has 4 nitrogen and oxygen atoms in total. The third kappa shape index (κ3) is 3.27. The standard InChI is InChI=1S/C21H25N3O/c22-13-12-17-18-9-5-2-6-14-24(18)19-10-11-20(23-21(17)19)25-15-16-7-3-1-4-8-16/h1,3-4,7-8,10-11H,2,5-6,9,12-15,22H2. The van der Waals surface area contributed by atoms with Gasteiger partial charge in [0.25, 0.3) is 0 Å². The number of hydrogen-bond acceptors (Lipinski definition) is 3. The van der Waals surface area contributed by atoms with Crippen LogP contribution in [-0.2, 0) is 26.0 Å². The van der Waals surface area contributed by atoms with E-state index in [4.69, 9.17) is 15.5 Å². The van der Waals surface area contributed by atoms with E-state index >= 15 is 0 Å². The maximum absolute atomic E-state index is 5.94. The van der Waals surface area contributed by atoms with Gasteiger partial charge in [0.05, 0.1) is 11.0 Å². The van der Waals surface area contributed by atoms with Crippen LogP contribution in [0.5, 0.6) is 5.88 Å². The normalized spacial score (nSPS) is 14.3. The summed E-state index contributed by atoms with van der Waals surface area (Å²) in [7, 11) is 0. The summed E-state index contributed by atoms with van der Waals surface area (Å²) in [4.78, 5) is 4.85. The first-order valence-corrected chi connectivity index (χ1v) is 9.24. The Morgan fingerprint density at radius 1 is 1.04 bits per heavy atom. The maximum Gasteiger partial charge on any atom is 0.214 e. The lowest BCUT2D eigenvalue weighted by molar-refractivity contribution is 0.295. The summed E-state index contributed by atoms with van der Waals surface area (Å²) in [5.41, 5.74) is 12.1. The van der Waals surface area contributed by atoms with Crippen LogP contribution in [-0.4, -0.2) is 16.1 Å². The third-order valence-electron chi connectivity index (χ3n) is 5.02. The number of benzene rings is 1. The summed E-state index contributed by atoms with van der Waals surface area (Å²) < 4.78 is 8.40. The predicted octanol–water partition coefficient (Wildman–Crippen LogP) is 3.84. The smallest absolute Gasteiger partial charge is 0.214 e. The number of rotatable bonds is 5. The van der Waals surface area contributed by atoms with Crippen molar-refractivity contribution < 1.29 is 4.74 Å². The monoisotopic (exact) mass is 335 g/mol. The van der Waals surface area contributed by atoms with Gasteiger partial charge in [0.2, 0.25) is 5.88 Å². The van der Waals surface area contributed by atoms with E-state index in [1.54, 1.807) is 0 Å². The van der Waals surface area contributed by atoms with Gasteiger partial charge >= 0.3 is 0 Å². The van der Waals surface area contributed by atoms with Gasteiger partial charge in [0.15, 0.2) is 0 Å². The number of fused-ring (bicyclic) bond motifs is 3. The second-order valence-corrected chi connectivity index (χ2v) is 6.72. The molecule has 0 fully saturated rings. The lowest BCUT2D eigenvalue weighted by Crippen LogP contribution is -2.06. The summed E-state index contributed by atoms with van der Waals surface area (Å²) >= 11 is 0. The molecule has 1 aliphatic rings. The molecule has 0 radical (unpaired) electrons. The highest BCUT2D eigenvalue weighted by Crippen LogP contribution is 2.31. The van der Waals surface area contributed by atoms with Crippen LogP contribution in [0.3, 0.4) is 0 Å². The van der Waals surface area contributed by atoms with Crippen molar-refractivity contribution in [3.05, 3.63) is 59.3 Å². The Bertz CT molecular complexity index is 854.